The van der Waals surface area contributed by atoms with E-state index < -0.39 is 10.0 Å². The predicted molar refractivity (Wildman–Crippen MR) is 51.9 cm³/mol. The van der Waals surface area contributed by atoms with Crippen molar-refractivity contribution in [2.45, 2.75) is 26.8 Å². The molecule has 0 saturated heterocycles. The molecule has 0 aliphatic heterocycles. The van der Waals surface area contributed by atoms with Crippen LogP contribution in [-0.4, -0.2) is 26.1 Å². The van der Waals surface area contributed by atoms with Gasteiger partial charge >= 0.3 is 0 Å². The van der Waals surface area contributed by atoms with E-state index in [1.54, 1.807) is 6.92 Å². The minimum Gasteiger partial charge on any atom is -0.212 e. The second kappa shape index (κ2) is 5.04. The maximum Gasteiger partial charge on any atom is 0.212 e. The first kappa shape index (κ1) is 12.2. The lowest BCUT2D eigenvalue weighted by Crippen LogP contribution is -2.36. The fourth-order valence-corrected chi connectivity index (χ4v) is 2.66. The topological polar surface area (TPSA) is 46.2 Å². The van der Waals surface area contributed by atoms with Crippen LogP contribution in [0.3, 0.4) is 0 Å². The summed E-state index contributed by atoms with van der Waals surface area (Å²) in [7, 11) is -3.13. The van der Waals surface area contributed by atoms with Crippen molar-refractivity contribution < 1.29 is 8.42 Å². The maximum atomic E-state index is 11.2. The predicted octanol–water partition coefficient (Wildman–Crippen LogP) is 1.19. The Morgan fingerprint density at radius 3 is 2.17 bits per heavy atom. The molecule has 0 spiro atoms. The first-order chi connectivity index (χ1) is 5.37. The molecule has 74 valence electrons. The molecule has 0 bridgehead atoms. The van der Waals surface area contributed by atoms with Gasteiger partial charge in [-0.15, -0.1) is 11.6 Å². The zero-order valence-electron chi connectivity index (χ0n) is 7.67. The molecule has 0 rings (SSSR count). The summed E-state index contributed by atoms with van der Waals surface area (Å²) >= 11 is 5.47. The quantitative estimate of drug-likeness (QED) is 0.698. The molecule has 0 aromatic carbocycles. The molecule has 0 aromatic rings. The largest absolute Gasteiger partial charge is 0.212 e. The minimum atomic E-state index is -3.13. The van der Waals surface area contributed by atoms with Gasteiger partial charge in [0.05, 0.1) is 5.75 Å². The van der Waals surface area contributed by atoms with Crippen LogP contribution in [0.1, 0.15) is 20.8 Å². The Morgan fingerprint density at radius 1 is 1.33 bits per heavy atom. The number of halogens is 1. The van der Waals surface area contributed by atoms with Crippen LogP contribution in [0.25, 0.3) is 0 Å². The number of sulfonamides is 1. The summed E-state index contributed by atoms with van der Waals surface area (Å²) in [6.45, 7) is 5.47. The van der Waals surface area contributed by atoms with E-state index in [1.807, 2.05) is 13.8 Å². The molecule has 1 atom stereocenters. The van der Waals surface area contributed by atoms with Gasteiger partial charge in [0.25, 0.3) is 0 Å². The Balaban J connectivity index is 4.05. The summed E-state index contributed by atoms with van der Waals surface area (Å²) in [5.41, 5.74) is 0. The van der Waals surface area contributed by atoms with E-state index in [0.29, 0.717) is 5.88 Å². The van der Waals surface area contributed by atoms with E-state index in [-0.39, 0.29) is 17.7 Å². The Hall–Kier alpha value is 0.200. The van der Waals surface area contributed by atoms with Crippen molar-refractivity contribution in [1.82, 2.24) is 4.72 Å². The molecule has 0 aliphatic carbocycles. The van der Waals surface area contributed by atoms with Crippen LogP contribution in [0, 0.1) is 5.92 Å². The summed E-state index contributed by atoms with van der Waals surface area (Å²) in [5, 5.41) is 0. The second-order valence-electron chi connectivity index (χ2n) is 3.35. The van der Waals surface area contributed by atoms with Gasteiger partial charge in [-0.1, -0.05) is 13.8 Å². The minimum absolute atomic E-state index is 0.144. The van der Waals surface area contributed by atoms with E-state index in [4.69, 9.17) is 11.6 Å². The number of alkyl halides is 1. The van der Waals surface area contributed by atoms with Gasteiger partial charge in [-0.05, 0) is 12.8 Å². The van der Waals surface area contributed by atoms with Gasteiger partial charge in [0, 0.05) is 11.9 Å². The third kappa shape index (κ3) is 5.80. The average Bonchev–Trinajstić information content (AvgIpc) is 1.83. The van der Waals surface area contributed by atoms with Crippen molar-refractivity contribution in [3.8, 4) is 0 Å². The van der Waals surface area contributed by atoms with E-state index in [1.165, 1.54) is 0 Å². The molecule has 0 radical (unpaired) electrons. The van der Waals surface area contributed by atoms with Gasteiger partial charge in [-0.2, -0.15) is 0 Å². The van der Waals surface area contributed by atoms with Gasteiger partial charge < -0.3 is 0 Å². The third-order valence-corrected chi connectivity index (χ3v) is 3.49. The summed E-state index contributed by atoms with van der Waals surface area (Å²) in [4.78, 5) is 0. The van der Waals surface area contributed by atoms with Crippen molar-refractivity contribution >= 4 is 21.6 Å². The zero-order chi connectivity index (χ0) is 9.78. The summed E-state index contributed by atoms with van der Waals surface area (Å²) in [5.74, 6) is 0.607. The first-order valence-electron chi connectivity index (χ1n) is 3.93. The lowest BCUT2D eigenvalue weighted by atomic mass is 10.3. The van der Waals surface area contributed by atoms with Crippen LogP contribution in [0.15, 0.2) is 0 Å². The van der Waals surface area contributed by atoms with Gasteiger partial charge in [0.2, 0.25) is 10.0 Å². The summed E-state index contributed by atoms with van der Waals surface area (Å²) < 4.78 is 25.0. The first-order valence-corrected chi connectivity index (χ1v) is 6.12. The SMILES string of the molecule is CC(C)CS(=O)(=O)NC(C)CCl. The van der Waals surface area contributed by atoms with Crippen LogP contribution in [0.2, 0.25) is 0 Å². The normalized spacial score (nSPS) is 15.1. The van der Waals surface area contributed by atoms with Crippen molar-refractivity contribution in [2.24, 2.45) is 5.92 Å². The van der Waals surface area contributed by atoms with Crippen LogP contribution in [0.4, 0.5) is 0 Å². The lowest BCUT2D eigenvalue weighted by Gasteiger charge is -2.12. The van der Waals surface area contributed by atoms with E-state index in [9.17, 15) is 8.42 Å². The monoisotopic (exact) mass is 213 g/mol. The molecular formula is C7H16ClNO2S. The molecule has 0 aromatic heterocycles. The van der Waals surface area contributed by atoms with Crippen molar-refractivity contribution in [1.29, 1.82) is 0 Å². The summed E-state index contributed by atoms with van der Waals surface area (Å²) in [6, 6.07) is -0.185. The van der Waals surface area contributed by atoms with Gasteiger partial charge in [-0.25, -0.2) is 13.1 Å². The highest BCUT2D eigenvalue weighted by Gasteiger charge is 2.14. The zero-order valence-corrected chi connectivity index (χ0v) is 9.24. The van der Waals surface area contributed by atoms with Crippen LogP contribution in [0.5, 0.6) is 0 Å². The Kier molecular flexibility index (Phi) is 5.13. The fraction of sp³-hybridized carbons (Fsp3) is 1.00. The molecule has 0 aliphatic rings. The maximum absolute atomic E-state index is 11.2. The molecule has 0 fully saturated rings. The Morgan fingerprint density at radius 2 is 1.83 bits per heavy atom. The summed E-state index contributed by atoms with van der Waals surface area (Å²) in [6.07, 6.45) is 0. The molecule has 5 heteroatoms. The number of rotatable bonds is 5. The molecule has 0 saturated carbocycles. The number of hydrogen-bond donors (Lipinski definition) is 1. The van der Waals surface area contributed by atoms with Crippen molar-refractivity contribution in [3.63, 3.8) is 0 Å². The molecule has 0 amide bonds. The highest BCUT2D eigenvalue weighted by molar-refractivity contribution is 7.89. The van der Waals surface area contributed by atoms with E-state index in [2.05, 4.69) is 4.72 Å². The van der Waals surface area contributed by atoms with Crippen LogP contribution in [-0.2, 0) is 10.0 Å². The number of nitrogens with one attached hydrogen (secondary N) is 1. The van der Waals surface area contributed by atoms with Gasteiger partial charge in [-0.3, -0.25) is 0 Å². The van der Waals surface area contributed by atoms with Crippen LogP contribution >= 0.6 is 11.6 Å². The van der Waals surface area contributed by atoms with Gasteiger partial charge in [0.15, 0.2) is 0 Å². The molecule has 12 heavy (non-hydrogen) atoms. The molecule has 0 heterocycles. The second-order valence-corrected chi connectivity index (χ2v) is 5.46. The fourth-order valence-electron chi connectivity index (χ4n) is 0.825. The Bertz CT molecular complexity index is 213. The van der Waals surface area contributed by atoms with Gasteiger partial charge in [0.1, 0.15) is 0 Å². The lowest BCUT2D eigenvalue weighted by molar-refractivity contribution is 0.558. The third-order valence-electron chi connectivity index (χ3n) is 1.16. The van der Waals surface area contributed by atoms with E-state index in [0.717, 1.165) is 0 Å². The highest BCUT2D eigenvalue weighted by Crippen LogP contribution is 1.99. The van der Waals surface area contributed by atoms with E-state index >= 15 is 0 Å². The van der Waals surface area contributed by atoms with Crippen molar-refractivity contribution in [3.05, 3.63) is 0 Å². The highest BCUT2D eigenvalue weighted by atomic mass is 35.5. The number of hydrogen-bond acceptors (Lipinski definition) is 2. The molecule has 3 nitrogen and oxygen atoms in total. The molecular weight excluding hydrogens is 198 g/mol. The molecule has 1 N–H and O–H groups in total. The van der Waals surface area contributed by atoms with Crippen molar-refractivity contribution in [2.75, 3.05) is 11.6 Å². The average molecular weight is 214 g/mol. The standard InChI is InChI=1S/C7H16ClNO2S/c1-6(2)5-12(10,11)9-7(3)4-8/h6-7,9H,4-5H2,1-3H3. The Labute approximate surface area is 79.5 Å². The smallest absolute Gasteiger partial charge is 0.212 e. The van der Waals surface area contributed by atoms with Crippen LogP contribution < -0.4 is 4.72 Å². The molecule has 1 unspecified atom stereocenters.